The first-order valence-electron chi connectivity index (χ1n) is 11.1. The summed E-state index contributed by atoms with van der Waals surface area (Å²) in [6.07, 6.45) is 1.50. The Labute approximate surface area is 205 Å². The molecule has 36 heavy (non-hydrogen) atoms. The number of aromatic nitrogens is 4. The molecule has 0 atom stereocenters. The molecule has 3 aromatic rings. The van der Waals surface area contributed by atoms with Gasteiger partial charge in [-0.05, 0) is 38.8 Å². The summed E-state index contributed by atoms with van der Waals surface area (Å²) in [5.41, 5.74) is 0.624. The van der Waals surface area contributed by atoms with Crippen molar-refractivity contribution in [1.82, 2.24) is 24.9 Å². The number of hydrogen-bond donors (Lipinski definition) is 2. The minimum atomic E-state index is -3.13. The monoisotopic (exact) mass is 526 g/mol. The van der Waals surface area contributed by atoms with Gasteiger partial charge in [0.05, 0.1) is 29.1 Å². The Morgan fingerprint density at radius 2 is 1.97 bits per heavy atom. The number of anilines is 2. The number of halogens is 3. The zero-order valence-electron chi connectivity index (χ0n) is 19.8. The molecule has 1 fully saturated rings. The Morgan fingerprint density at radius 1 is 1.28 bits per heavy atom. The van der Waals surface area contributed by atoms with Crippen molar-refractivity contribution in [3.63, 3.8) is 0 Å². The molecule has 3 aromatic heterocycles. The highest BCUT2D eigenvalue weighted by Gasteiger charge is 2.35. The van der Waals surface area contributed by atoms with Crippen LogP contribution in [0.1, 0.15) is 43.0 Å². The Balaban J connectivity index is 1.55. The second-order valence-corrected chi connectivity index (χ2v) is 11.5. The van der Waals surface area contributed by atoms with Crippen molar-refractivity contribution < 1.29 is 31.1 Å². The number of amides is 1. The normalized spacial score (nSPS) is 17.1. The highest BCUT2D eigenvalue weighted by atomic mass is 32.2. The van der Waals surface area contributed by atoms with Crippen LogP contribution in [-0.2, 0) is 9.84 Å². The van der Waals surface area contributed by atoms with E-state index < -0.39 is 39.6 Å². The minimum absolute atomic E-state index is 0.00443. The van der Waals surface area contributed by atoms with Gasteiger partial charge in [0.15, 0.2) is 23.8 Å². The third kappa shape index (κ3) is 5.86. The van der Waals surface area contributed by atoms with Crippen molar-refractivity contribution in [1.29, 1.82) is 0 Å². The lowest BCUT2D eigenvalue weighted by Crippen LogP contribution is -2.51. The van der Waals surface area contributed by atoms with Crippen molar-refractivity contribution in [2.45, 2.75) is 45.1 Å². The number of carbonyl (C=O) groups excluding carboxylic acids is 1. The molecule has 194 valence electrons. The molecule has 0 spiro atoms. The van der Waals surface area contributed by atoms with Gasteiger partial charge < -0.3 is 15.4 Å². The van der Waals surface area contributed by atoms with Gasteiger partial charge >= 0.3 is 0 Å². The lowest BCUT2D eigenvalue weighted by molar-refractivity contribution is -0.0229. The number of sulfone groups is 1. The van der Waals surface area contributed by atoms with Crippen LogP contribution in [0.15, 0.2) is 24.4 Å². The van der Waals surface area contributed by atoms with E-state index in [9.17, 15) is 26.4 Å². The second kappa shape index (κ2) is 9.22. The summed E-state index contributed by atoms with van der Waals surface area (Å²) in [5, 5.41) is 10.0. The summed E-state index contributed by atoms with van der Waals surface area (Å²) in [7, 11) is -3.09. The van der Waals surface area contributed by atoms with Crippen LogP contribution in [-0.4, -0.2) is 63.5 Å². The van der Waals surface area contributed by atoms with E-state index in [-0.39, 0.29) is 28.9 Å². The molecule has 0 aromatic carbocycles. The fourth-order valence-electron chi connectivity index (χ4n) is 3.70. The van der Waals surface area contributed by atoms with E-state index >= 15 is 0 Å². The van der Waals surface area contributed by atoms with E-state index in [2.05, 4.69) is 25.7 Å². The van der Waals surface area contributed by atoms with Gasteiger partial charge in [-0.3, -0.25) is 4.79 Å². The summed E-state index contributed by atoms with van der Waals surface area (Å²) in [6, 6.07) is 4.15. The molecule has 4 rings (SSSR count). The van der Waals surface area contributed by atoms with Gasteiger partial charge in [0, 0.05) is 18.5 Å². The summed E-state index contributed by atoms with van der Waals surface area (Å²) in [5.74, 6) is -4.70. The molecule has 10 nitrogen and oxygen atoms in total. The SMILES string of the molecule is Cc1c(Nc2ncc(F)cc2OCC(C)(F)F)ccc2nc(C(=O)NC3(C)CCS(=O)(=O)CC3)nn12. The molecule has 4 heterocycles. The van der Waals surface area contributed by atoms with Gasteiger partial charge in [-0.25, -0.2) is 36.1 Å². The predicted molar refractivity (Wildman–Crippen MR) is 125 cm³/mol. The number of aryl methyl sites for hydroxylation is 1. The van der Waals surface area contributed by atoms with Gasteiger partial charge in [-0.15, -0.1) is 5.10 Å². The number of hydrogen-bond acceptors (Lipinski definition) is 8. The number of pyridine rings is 2. The van der Waals surface area contributed by atoms with Crippen molar-refractivity contribution in [3.8, 4) is 5.75 Å². The van der Waals surface area contributed by atoms with Crippen molar-refractivity contribution >= 4 is 32.9 Å². The van der Waals surface area contributed by atoms with Gasteiger partial charge in [-0.1, -0.05) is 0 Å². The quantitative estimate of drug-likeness (QED) is 0.481. The molecule has 0 radical (unpaired) electrons. The maximum atomic E-state index is 13.7. The number of rotatable bonds is 7. The molecule has 0 unspecified atom stereocenters. The highest BCUT2D eigenvalue weighted by Crippen LogP contribution is 2.29. The maximum absolute atomic E-state index is 13.7. The lowest BCUT2D eigenvalue weighted by Gasteiger charge is -2.33. The van der Waals surface area contributed by atoms with Crippen LogP contribution in [0.2, 0.25) is 0 Å². The topological polar surface area (TPSA) is 128 Å². The predicted octanol–water partition coefficient (Wildman–Crippen LogP) is 3.05. The first kappa shape index (κ1) is 25.7. The largest absolute Gasteiger partial charge is 0.483 e. The fourth-order valence-corrected chi connectivity index (χ4v) is 5.43. The molecular weight excluding hydrogens is 501 g/mol. The summed E-state index contributed by atoms with van der Waals surface area (Å²) in [6.45, 7) is 3.19. The number of fused-ring (bicyclic) bond motifs is 1. The zero-order valence-corrected chi connectivity index (χ0v) is 20.6. The molecule has 2 N–H and O–H groups in total. The first-order valence-corrected chi connectivity index (χ1v) is 12.9. The average molecular weight is 527 g/mol. The third-order valence-corrected chi connectivity index (χ3v) is 7.49. The van der Waals surface area contributed by atoms with Crippen LogP contribution in [0, 0.1) is 12.7 Å². The number of alkyl halides is 2. The number of carbonyl (C=O) groups is 1. The Kier molecular flexibility index (Phi) is 6.58. The van der Waals surface area contributed by atoms with Gasteiger partial charge in [0.2, 0.25) is 5.82 Å². The van der Waals surface area contributed by atoms with E-state index in [1.807, 2.05) is 0 Å². The molecular formula is C22H25F3N6O4S. The molecule has 1 amide bonds. The molecule has 0 saturated carbocycles. The first-order chi connectivity index (χ1) is 16.7. The van der Waals surface area contributed by atoms with E-state index in [0.717, 1.165) is 12.3 Å². The van der Waals surface area contributed by atoms with Gasteiger partial charge in [0.25, 0.3) is 11.8 Å². The summed E-state index contributed by atoms with van der Waals surface area (Å²) >= 11 is 0. The molecule has 1 aliphatic heterocycles. The Bertz CT molecular complexity index is 1410. The van der Waals surface area contributed by atoms with Crippen LogP contribution >= 0.6 is 0 Å². The third-order valence-electron chi connectivity index (χ3n) is 5.84. The second-order valence-electron chi connectivity index (χ2n) is 9.19. The van der Waals surface area contributed by atoms with Gasteiger partial charge in [-0.2, -0.15) is 0 Å². The molecule has 0 bridgehead atoms. The lowest BCUT2D eigenvalue weighted by atomic mass is 9.95. The Morgan fingerprint density at radius 3 is 2.64 bits per heavy atom. The van der Waals surface area contributed by atoms with Crippen LogP contribution in [0.4, 0.5) is 24.7 Å². The number of ether oxygens (including phenoxy) is 1. The van der Waals surface area contributed by atoms with Crippen LogP contribution in [0.5, 0.6) is 5.75 Å². The van der Waals surface area contributed by atoms with Crippen molar-refractivity contribution in [2.24, 2.45) is 0 Å². The minimum Gasteiger partial charge on any atom is -0.483 e. The zero-order chi connectivity index (χ0) is 26.3. The average Bonchev–Trinajstić information content (AvgIpc) is 3.23. The van der Waals surface area contributed by atoms with E-state index in [1.165, 1.54) is 4.52 Å². The Hall–Kier alpha value is -3.42. The van der Waals surface area contributed by atoms with E-state index in [4.69, 9.17) is 4.74 Å². The molecule has 14 heteroatoms. The number of nitrogens with zero attached hydrogens (tertiary/aromatic N) is 4. The molecule has 1 aliphatic rings. The van der Waals surface area contributed by atoms with Crippen LogP contribution < -0.4 is 15.4 Å². The van der Waals surface area contributed by atoms with E-state index in [1.54, 1.807) is 26.0 Å². The van der Waals surface area contributed by atoms with Crippen LogP contribution in [0.25, 0.3) is 5.65 Å². The van der Waals surface area contributed by atoms with E-state index in [0.29, 0.717) is 36.8 Å². The highest BCUT2D eigenvalue weighted by molar-refractivity contribution is 7.91. The molecule has 1 saturated heterocycles. The van der Waals surface area contributed by atoms with Crippen molar-refractivity contribution in [2.75, 3.05) is 23.4 Å². The smallest absolute Gasteiger partial charge is 0.291 e. The summed E-state index contributed by atoms with van der Waals surface area (Å²) in [4.78, 5) is 21.0. The standard InChI is InChI=1S/C22H25F3N6O4S/c1-13-15(27-18-16(10-14(23)11-26-18)35-12-22(3,24)25)4-5-17-28-19(30-31(13)17)20(32)29-21(2)6-8-36(33,34)9-7-21/h4-5,10-11H,6-9,12H2,1-3H3,(H,26,27)(H,29,32). The fraction of sp³-hybridized carbons (Fsp3) is 0.455. The van der Waals surface area contributed by atoms with Gasteiger partial charge in [0.1, 0.15) is 15.7 Å². The molecule has 0 aliphatic carbocycles. The van der Waals surface area contributed by atoms with Crippen molar-refractivity contribution in [3.05, 3.63) is 41.7 Å². The maximum Gasteiger partial charge on any atom is 0.291 e. The summed E-state index contributed by atoms with van der Waals surface area (Å²) < 4.78 is 70.1. The van der Waals surface area contributed by atoms with Crippen LogP contribution in [0.3, 0.4) is 0 Å². The number of nitrogens with one attached hydrogen (secondary N) is 2.